The van der Waals surface area contributed by atoms with E-state index in [-0.39, 0.29) is 6.04 Å². The molecule has 2 aromatic rings. The highest BCUT2D eigenvalue weighted by Crippen LogP contribution is 2.30. The number of fused-ring (bicyclic) bond motifs is 1. The van der Waals surface area contributed by atoms with Crippen molar-refractivity contribution < 1.29 is 8.42 Å². The first kappa shape index (κ1) is 14.0. The molecule has 1 aromatic heterocycles. The second-order valence-electron chi connectivity index (χ2n) is 4.92. The van der Waals surface area contributed by atoms with Crippen molar-refractivity contribution in [2.45, 2.75) is 23.8 Å². The summed E-state index contributed by atoms with van der Waals surface area (Å²) in [7, 11) is -3.45. The van der Waals surface area contributed by atoms with E-state index in [0.29, 0.717) is 16.8 Å². The Morgan fingerprint density at radius 3 is 3.00 bits per heavy atom. The molecular formula is C14H15BrN2O2S. The molecule has 6 heteroatoms. The Morgan fingerprint density at radius 1 is 1.35 bits per heavy atom. The third-order valence-electron chi connectivity index (χ3n) is 3.73. The van der Waals surface area contributed by atoms with Crippen LogP contribution in [0.1, 0.15) is 12.8 Å². The van der Waals surface area contributed by atoms with Crippen LogP contribution in [0.4, 0.5) is 0 Å². The average molecular weight is 355 g/mol. The van der Waals surface area contributed by atoms with E-state index in [1.165, 1.54) is 0 Å². The standard InChI is InChI=1S/C14H15BrN2O2S/c15-9-12-4-2-8-17(12)20(18,19)14-5-1-3-11-10-16-7-6-13(11)14/h1,3,5-7,10,12H,2,4,8-9H2. The van der Waals surface area contributed by atoms with Crippen molar-refractivity contribution in [1.29, 1.82) is 0 Å². The maximum Gasteiger partial charge on any atom is 0.243 e. The van der Waals surface area contributed by atoms with E-state index < -0.39 is 10.0 Å². The predicted octanol–water partition coefficient (Wildman–Crippen LogP) is 2.78. The molecule has 1 fully saturated rings. The average Bonchev–Trinajstić information content (AvgIpc) is 2.96. The highest BCUT2D eigenvalue weighted by atomic mass is 79.9. The number of benzene rings is 1. The van der Waals surface area contributed by atoms with Gasteiger partial charge in [-0.1, -0.05) is 28.1 Å². The van der Waals surface area contributed by atoms with Crippen LogP contribution in [0.5, 0.6) is 0 Å². The second kappa shape index (κ2) is 5.42. The van der Waals surface area contributed by atoms with Crippen molar-refractivity contribution in [2.75, 3.05) is 11.9 Å². The van der Waals surface area contributed by atoms with Crippen molar-refractivity contribution in [1.82, 2.24) is 9.29 Å². The third kappa shape index (κ3) is 2.25. The molecule has 0 bridgehead atoms. The maximum atomic E-state index is 12.9. The summed E-state index contributed by atoms with van der Waals surface area (Å²) in [6.07, 6.45) is 5.16. The summed E-state index contributed by atoms with van der Waals surface area (Å²) in [6, 6.07) is 7.16. The van der Waals surface area contributed by atoms with Crippen LogP contribution in [0.3, 0.4) is 0 Å². The van der Waals surface area contributed by atoms with Crippen molar-refractivity contribution in [3.05, 3.63) is 36.7 Å². The van der Waals surface area contributed by atoms with Crippen LogP contribution in [0.25, 0.3) is 10.8 Å². The molecule has 0 amide bonds. The molecule has 20 heavy (non-hydrogen) atoms. The molecule has 1 unspecified atom stereocenters. The Kier molecular flexibility index (Phi) is 3.79. The van der Waals surface area contributed by atoms with E-state index in [2.05, 4.69) is 20.9 Å². The molecule has 0 spiro atoms. The Labute approximate surface area is 127 Å². The highest BCUT2D eigenvalue weighted by molar-refractivity contribution is 9.09. The molecule has 0 N–H and O–H groups in total. The smallest absolute Gasteiger partial charge is 0.243 e. The van der Waals surface area contributed by atoms with Gasteiger partial charge in [0.05, 0.1) is 4.90 Å². The van der Waals surface area contributed by atoms with Crippen LogP contribution in [0, 0.1) is 0 Å². The van der Waals surface area contributed by atoms with E-state index >= 15 is 0 Å². The van der Waals surface area contributed by atoms with Crippen molar-refractivity contribution in [2.24, 2.45) is 0 Å². The lowest BCUT2D eigenvalue weighted by atomic mass is 10.2. The molecule has 1 saturated heterocycles. The van der Waals surface area contributed by atoms with Gasteiger partial charge < -0.3 is 0 Å². The van der Waals surface area contributed by atoms with E-state index in [0.717, 1.165) is 23.6 Å². The van der Waals surface area contributed by atoms with Gasteiger partial charge in [-0.15, -0.1) is 0 Å². The monoisotopic (exact) mass is 354 g/mol. The molecule has 0 radical (unpaired) electrons. The van der Waals surface area contributed by atoms with Gasteiger partial charge in [0.1, 0.15) is 0 Å². The van der Waals surface area contributed by atoms with Gasteiger partial charge in [-0.3, -0.25) is 4.98 Å². The summed E-state index contributed by atoms with van der Waals surface area (Å²) in [6.45, 7) is 0.597. The Bertz CT molecular complexity index is 728. The van der Waals surface area contributed by atoms with Gasteiger partial charge in [-0.05, 0) is 25.0 Å². The van der Waals surface area contributed by atoms with Gasteiger partial charge in [-0.2, -0.15) is 4.31 Å². The predicted molar refractivity (Wildman–Crippen MR) is 82.5 cm³/mol. The molecule has 1 aromatic carbocycles. The molecule has 0 aliphatic carbocycles. The Morgan fingerprint density at radius 2 is 2.20 bits per heavy atom. The summed E-state index contributed by atoms with van der Waals surface area (Å²) in [5.41, 5.74) is 0. The fourth-order valence-corrected chi connectivity index (χ4v) is 5.50. The van der Waals surface area contributed by atoms with Crippen LogP contribution in [0.15, 0.2) is 41.6 Å². The van der Waals surface area contributed by atoms with Crippen LogP contribution < -0.4 is 0 Å². The largest absolute Gasteiger partial charge is 0.264 e. The first-order valence-electron chi connectivity index (χ1n) is 6.55. The minimum Gasteiger partial charge on any atom is -0.264 e. The molecule has 1 aliphatic rings. The van der Waals surface area contributed by atoms with Gasteiger partial charge in [0.25, 0.3) is 0 Å². The summed E-state index contributed by atoms with van der Waals surface area (Å²) >= 11 is 3.42. The fourth-order valence-electron chi connectivity index (χ4n) is 2.72. The lowest BCUT2D eigenvalue weighted by molar-refractivity contribution is 0.414. The van der Waals surface area contributed by atoms with E-state index in [1.807, 2.05) is 6.07 Å². The molecule has 3 rings (SSSR count). The van der Waals surface area contributed by atoms with E-state index in [4.69, 9.17) is 0 Å². The summed E-state index contributed by atoms with van der Waals surface area (Å²) in [5, 5.41) is 2.27. The number of hydrogen-bond acceptors (Lipinski definition) is 3. The SMILES string of the molecule is O=S(=O)(c1cccc2cnccc12)N1CCCC1CBr. The zero-order chi connectivity index (χ0) is 14.2. The van der Waals surface area contributed by atoms with Crippen LogP contribution in [0.2, 0.25) is 0 Å². The number of halogens is 1. The quantitative estimate of drug-likeness (QED) is 0.796. The molecule has 106 valence electrons. The lowest BCUT2D eigenvalue weighted by Crippen LogP contribution is -2.36. The minimum absolute atomic E-state index is 0.0529. The van der Waals surface area contributed by atoms with Crippen molar-refractivity contribution in [3.63, 3.8) is 0 Å². The molecule has 2 heterocycles. The number of alkyl halides is 1. The van der Waals surface area contributed by atoms with Gasteiger partial charge >= 0.3 is 0 Å². The van der Waals surface area contributed by atoms with Gasteiger partial charge in [0, 0.05) is 41.1 Å². The Balaban J connectivity index is 2.14. The van der Waals surface area contributed by atoms with Crippen LogP contribution in [-0.2, 0) is 10.0 Å². The maximum absolute atomic E-state index is 12.9. The Hall–Kier alpha value is -0.980. The second-order valence-corrected chi connectivity index (χ2v) is 7.43. The van der Waals surface area contributed by atoms with E-state index in [1.54, 1.807) is 34.9 Å². The number of pyridine rings is 1. The normalized spacial score (nSPS) is 20.6. The van der Waals surface area contributed by atoms with Crippen LogP contribution in [-0.4, -0.2) is 35.6 Å². The minimum atomic E-state index is -3.45. The topological polar surface area (TPSA) is 50.3 Å². The van der Waals surface area contributed by atoms with Crippen molar-refractivity contribution >= 4 is 36.7 Å². The first-order chi connectivity index (χ1) is 9.64. The number of sulfonamides is 1. The molecule has 1 aliphatic heterocycles. The summed E-state index contributed by atoms with van der Waals surface area (Å²) in [5.74, 6) is 0. The fraction of sp³-hybridized carbons (Fsp3) is 0.357. The zero-order valence-corrected chi connectivity index (χ0v) is 13.3. The number of rotatable bonds is 3. The lowest BCUT2D eigenvalue weighted by Gasteiger charge is -2.23. The van der Waals surface area contributed by atoms with Gasteiger partial charge in [0.15, 0.2) is 0 Å². The number of aromatic nitrogens is 1. The van der Waals surface area contributed by atoms with Gasteiger partial charge in [0.2, 0.25) is 10.0 Å². The summed E-state index contributed by atoms with van der Waals surface area (Å²) < 4.78 is 27.4. The van der Waals surface area contributed by atoms with Crippen molar-refractivity contribution in [3.8, 4) is 0 Å². The molecule has 4 nitrogen and oxygen atoms in total. The molecule has 1 atom stereocenters. The molecular weight excluding hydrogens is 340 g/mol. The zero-order valence-electron chi connectivity index (χ0n) is 10.9. The van der Waals surface area contributed by atoms with Gasteiger partial charge in [-0.25, -0.2) is 8.42 Å². The molecule has 0 saturated carbocycles. The summed E-state index contributed by atoms with van der Waals surface area (Å²) in [4.78, 5) is 4.43. The third-order valence-corrected chi connectivity index (χ3v) is 6.49. The number of nitrogens with zero attached hydrogens (tertiary/aromatic N) is 2. The van der Waals surface area contributed by atoms with E-state index in [9.17, 15) is 8.42 Å². The highest BCUT2D eigenvalue weighted by Gasteiger charge is 2.35. The first-order valence-corrected chi connectivity index (χ1v) is 9.11. The van der Waals surface area contributed by atoms with Crippen LogP contribution >= 0.6 is 15.9 Å². The number of hydrogen-bond donors (Lipinski definition) is 0.